The molecule has 144 valence electrons. The fraction of sp³-hybridized carbons (Fsp3) is 0.318. The standard InChI is InChI=1S/C22H24N4O2/c1-27-18-8-6-17(7-9-18)21-16-26-20-5-3-2-4-19(20)23-22(26)25(21)11-10-24-12-14-28-15-13-24/h2-9,16H,10-15H2,1H3/p+2. The minimum Gasteiger partial charge on any atom is -0.497 e. The van der Waals surface area contributed by atoms with Crippen LogP contribution in [-0.4, -0.2) is 49.5 Å². The number of methoxy groups -OCH3 is 1. The van der Waals surface area contributed by atoms with E-state index in [1.807, 2.05) is 12.1 Å². The first kappa shape index (κ1) is 17.3. The number of fused-ring (bicyclic) bond motifs is 3. The van der Waals surface area contributed by atoms with E-state index in [1.165, 1.54) is 16.8 Å². The molecule has 0 atom stereocenters. The van der Waals surface area contributed by atoms with Gasteiger partial charge in [0.05, 0.1) is 20.3 Å². The average molecular weight is 378 g/mol. The van der Waals surface area contributed by atoms with Crippen LogP contribution in [0.25, 0.3) is 28.1 Å². The molecule has 6 nitrogen and oxygen atoms in total. The SMILES string of the molecule is COc1ccc(-c2c[n+]3c4ccccc4[nH]c3n2CC[NH+]2CCOCC2)cc1. The molecule has 2 N–H and O–H groups in total. The topological polar surface area (TPSA) is 47.7 Å². The number of nitrogens with one attached hydrogen (secondary N) is 2. The Morgan fingerprint density at radius 2 is 1.89 bits per heavy atom. The summed E-state index contributed by atoms with van der Waals surface area (Å²) in [5, 5.41) is 0. The maximum absolute atomic E-state index is 5.51. The third-order valence-electron chi connectivity index (χ3n) is 5.71. The first-order chi connectivity index (χ1) is 13.8. The van der Waals surface area contributed by atoms with Gasteiger partial charge in [0, 0.05) is 5.56 Å². The molecule has 1 fully saturated rings. The second-order valence-electron chi connectivity index (χ2n) is 7.34. The number of nitrogens with zero attached hydrogens (tertiary/aromatic N) is 2. The molecule has 3 heterocycles. The molecule has 28 heavy (non-hydrogen) atoms. The smallest absolute Gasteiger partial charge is 0.368 e. The molecule has 1 aliphatic heterocycles. The lowest BCUT2D eigenvalue weighted by Crippen LogP contribution is -3.14. The van der Waals surface area contributed by atoms with E-state index in [-0.39, 0.29) is 0 Å². The van der Waals surface area contributed by atoms with Crippen molar-refractivity contribution in [2.75, 3.05) is 40.0 Å². The maximum atomic E-state index is 5.51. The number of ether oxygens (including phenoxy) is 2. The van der Waals surface area contributed by atoms with Crippen LogP contribution in [0.1, 0.15) is 0 Å². The summed E-state index contributed by atoms with van der Waals surface area (Å²) >= 11 is 0. The minimum atomic E-state index is 0.864. The first-order valence-corrected chi connectivity index (χ1v) is 9.91. The van der Waals surface area contributed by atoms with Crippen LogP contribution in [0, 0.1) is 0 Å². The Morgan fingerprint density at radius 1 is 1.11 bits per heavy atom. The number of morpholine rings is 1. The van der Waals surface area contributed by atoms with Crippen LogP contribution < -0.4 is 14.0 Å². The van der Waals surface area contributed by atoms with Gasteiger partial charge in [-0.2, -0.15) is 4.40 Å². The number of quaternary nitrogens is 1. The zero-order chi connectivity index (χ0) is 18.9. The number of imidazole rings is 2. The monoisotopic (exact) mass is 378 g/mol. The zero-order valence-electron chi connectivity index (χ0n) is 16.1. The molecular weight excluding hydrogens is 352 g/mol. The van der Waals surface area contributed by atoms with Crippen molar-refractivity contribution in [3.05, 3.63) is 54.7 Å². The predicted octanol–water partition coefficient (Wildman–Crippen LogP) is 1.30. The van der Waals surface area contributed by atoms with E-state index in [0.717, 1.165) is 56.4 Å². The molecule has 4 aromatic rings. The van der Waals surface area contributed by atoms with Gasteiger partial charge >= 0.3 is 5.78 Å². The Hall–Kier alpha value is -2.83. The highest BCUT2D eigenvalue weighted by molar-refractivity contribution is 5.74. The molecule has 2 aromatic carbocycles. The van der Waals surface area contributed by atoms with Crippen LogP contribution in [0.4, 0.5) is 0 Å². The quantitative estimate of drug-likeness (QED) is 0.515. The van der Waals surface area contributed by atoms with Crippen molar-refractivity contribution in [3.8, 4) is 17.0 Å². The molecule has 0 spiro atoms. The number of benzene rings is 2. The van der Waals surface area contributed by atoms with E-state index in [2.05, 4.69) is 56.5 Å². The number of hydrogen-bond acceptors (Lipinski definition) is 2. The number of rotatable bonds is 5. The van der Waals surface area contributed by atoms with Gasteiger partial charge in [-0.15, -0.1) is 0 Å². The van der Waals surface area contributed by atoms with E-state index >= 15 is 0 Å². The Bertz CT molecular complexity index is 1090. The van der Waals surface area contributed by atoms with Crippen LogP contribution in [0.2, 0.25) is 0 Å². The van der Waals surface area contributed by atoms with Gasteiger partial charge in [0.1, 0.15) is 54.9 Å². The highest BCUT2D eigenvalue weighted by Crippen LogP contribution is 2.24. The summed E-state index contributed by atoms with van der Waals surface area (Å²) in [7, 11) is 1.70. The third-order valence-corrected chi connectivity index (χ3v) is 5.71. The summed E-state index contributed by atoms with van der Waals surface area (Å²) < 4.78 is 15.5. The third kappa shape index (κ3) is 3.04. The molecule has 2 aromatic heterocycles. The molecule has 0 saturated carbocycles. The van der Waals surface area contributed by atoms with Gasteiger partial charge in [0.15, 0.2) is 0 Å². The highest BCUT2D eigenvalue weighted by atomic mass is 16.5. The van der Waals surface area contributed by atoms with Gasteiger partial charge in [0.25, 0.3) is 0 Å². The number of H-pyrrole nitrogens is 1. The molecule has 0 bridgehead atoms. The minimum absolute atomic E-state index is 0.864. The number of hydrogen-bond donors (Lipinski definition) is 2. The predicted molar refractivity (Wildman–Crippen MR) is 108 cm³/mol. The summed E-state index contributed by atoms with van der Waals surface area (Å²) in [6, 6.07) is 16.8. The van der Waals surface area contributed by atoms with Crippen molar-refractivity contribution in [3.63, 3.8) is 0 Å². The van der Waals surface area contributed by atoms with Crippen molar-refractivity contribution < 1.29 is 18.8 Å². The molecule has 1 aliphatic rings. The second-order valence-corrected chi connectivity index (χ2v) is 7.34. The van der Waals surface area contributed by atoms with Crippen molar-refractivity contribution >= 4 is 16.8 Å². The number of para-hydroxylation sites is 2. The number of aromatic amines is 1. The molecule has 1 saturated heterocycles. The van der Waals surface area contributed by atoms with Gasteiger partial charge in [-0.1, -0.05) is 12.1 Å². The maximum Gasteiger partial charge on any atom is 0.368 e. The summed E-state index contributed by atoms with van der Waals surface area (Å²) in [6.45, 7) is 5.95. The lowest BCUT2D eigenvalue weighted by molar-refractivity contribution is -0.908. The highest BCUT2D eigenvalue weighted by Gasteiger charge is 2.24. The van der Waals surface area contributed by atoms with Crippen LogP contribution in [0.5, 0.6) is 5.75 Å². The van der Waals surface area contributed by atoms with Crippen molar-refractivity contribution in [2.45, 2.75) is 6.54 Å². The van der Waals surface area contributed by atoms with Gasteiger partial charge in [-0.05, 0) is 36.4 Å². The van der Waals surface area contributed by atoms with Crippen LogP contribution in [0.15, 0.2) is 54.7 Å². The van der Waals surface area contributed by atoms with E-state index in [1.54, 1.807) is 12.0 Å². The Labute approximate surface area is 163 Å². The van der Waals surface area contributed by atoms with Crippen molar-refractivity contribution in [2.24, 2.45) is 0 Å². The normalized spacial score (nSPS) is 15.5. The fourth-order valence-corrected chi connectivity index (χ4v) is 4.12. The average Bonchev–Trinajstić information content (AvgIpc) is 3.29. The van der Waals surface area contributed by atoms with Crippen molar-refractivity contribution in [1.29, 1.82) is 0 Å². The lowest BCUT2D eigenvalue weighted by atomic mass is 10.1. The molecule has 0 aliphatic carbocycles. The molecule has 0 radical (unpaired) electrons. The summed E-state index contributed by atoms with van der Waals surface area (Å²) in [4.78, 5) is 5.22. The van der Waals surface area contributed by atoms with Crippen LogP contribution >= 0.6 is 0 Å². The van der Waals surface area contributed by atoms with E-state index < -0.39 is 0 Å². The molecule has 6 heteroatoms. The largest absolute Gasteiger partial charge is 0.497 e. The fourth-order valence-electron chi connectivity index (χ4n) is 4.12. The zero-order valence-corrected chi connectivity index (χ0v) is 16.1. The summed E-state index contributed by atoms with van der Waals surface area (Å²) in [6.07, 6.45) is 2.24. The van der Waals surface area contributed by atoms with Crippen LogP contribution in [-0.2, 0) is 11.3 Å². The Morgan fingerprint density at radius 3 is 2.68 bits per heavy atom. The first-order valence-electron chi connectivity index (χ1n) is 9.91. The van der Waals surface area contributed by atoms with E-state index in [4.69, 9.17) is 9.47 Å². The number of aromatic nitrogens is 3. The van der Waals surface area contributed by atoms with Gasteiger partial charge in [-0.25, -0.2) is 9.55 Å². The van der Waals surface area contributed by atoms with E-state index in [9.17, 15) is 0 Å². The molecule has 0 amide bonds. The molecule has 5 rings (SSSR count). The van der Waals surface area contributed by atoms with Gasteiger partial charge < -0.3 is 14.4 Å². The Balaban J connectivity index is 1.58. The second kappa shape index (κ2) is 7.30. The molecule has 0 unspecified atom stereocenters. The Kier molecular flexibility index (Phi) is 4.50. The van der Waals surface area contributed by atoms with E-state index in [0.29, 0.717) is 0 Å². The van der Waals surface area contributed by atoms with Gasteiger partial charge in [-0.3, -0.25) is 0 Å². The summed E-state index contributed by atoms with van der Waals surface area (Å²) in [5.74, 6) is 2.00. The van der Waals surface area contributed by atoms with Crippen molar-refractivity contribution in [1.82, 2.24) is 9.55 Å². The summed E-state index contributed by atoms with van der Waals surface area (Å²) in [5.41, 5.74) is 4.77. The van der Waals surface area contributed by atoms with Crippen LogP contribution in [0.3, 0.4) is 0 Å². The van der Waals surface area contributed by atoms with Gasteiger partial charge in [0.2, 0.25) is 0 Å². The lowest BCUT2D eigenvalue weighted by Gasteiger charge is -2.23. The molecular formula is C22H26N4O2+2.